The minimum atomic E-state index is -0.0951. The van der Waals surface area contributed by atoms with Crippen molar-refractivity contribution < 1.29 is 14.3 Å². The molecule has 0 aliphatic heterocycles. The maximum atomic E-state index is 13.1. The van der Waals surface area contributed by atoms with Crippen LogP contribution in [0.3, 0.4) is 0 Å². The summed E-state index contributed by atoms with van der Waals surface area (Å²) in [5, 5.41) is 0.496. The highest BCUT2D eigenvalue weighted by molar-refractivity contribution is 6.45. The Morgan fingerprint density at radius 2 is 1.81 bits per heavy atom. The fraction of sp³-hybridized carbons (Fsp3) is 0.619. The van der Waals surface area contributed by atoms with Crippen molar-refractivity contribution in [1.29, 1.82) is 0 Å². The van der Waals surface area contributed by atoms with Crippen LogP contribution in [0.1, 0.15) is 61.9 Å². The van der Waals surface area contributed by atoms with Gasteiger partial charge in [-0.15, -0.1) is 0 Å². The summed E-state index contributed by atoms with van der Waals surface area (Å²) >= 11 is 12.9. The number of likely N-dealkylation sites (N-methyl/N-ethyl adjacent to an activating group) is 1. The molecule has 4 nitrogen and oxygen atoms in total. The van der Waals surface area contributed by atoms with E-state index in [-0.39, 0.29) is 34.3 Å². The number of hydrogen-bond acceptors (Lipinski definition) is 3. The van der Waals surface area contributed by atoms with Gasteiger partial charge in [-0.25, -0.2) is 0 Å². The summed E-state index contributed by atoms with van der Waals surface area (Å²) in [5.74, 6) is 0.948. The summed E-state index contributed by atoms with van der Waals surface area (Å²) in [6, 6.07) is 1.79. The zero-order chi connectivity index (χ0) is 19.6. The van der Waals surface area contributed by atoms with Gasteiger partial charge in [-0.3, -0.25) is 9.59 Å². The van der Waals surface area contributed by atoms with E-state index in [1.54, 1.807) is 11.0 Å². The molecule has 0 heterocycles. The van der Waals surface area contributed by atoms with Crippen LogP contribution < -0.4 is 4.74 Å². The minimum absolute atomic E-state index is 0.0598. The Morgan fingerprint density at radius 1 is 1.15 bits per heavy atom. The van der Waals surface area contributed by atoms with Crippen LogP contribution in [-0.4, -0.2) is 36.3 Å². The number of ether oxygens (including phenoxy) is 1. The number of carbonyl (C=O) groups is 2. The van der Waals surface area contributed by atoms with Crippen molar-refractivity contribution in [2.45, 2.75) is 52.4 Å². The molecule has 6 heteroatoms. The topological polar surface area (TPSA) is 46.6 Å². The highest BCUT2D eigenvalue weighted by atomic mass is 35.5. The number of rotatable bonds is 6. The number of carbonyl (C=O) groups excluding carboxylic acids is 2. The summed E-state index contributed by atoms with van der Waals surface area (Å²) in [5.41, 5.74) is 1.45. The maximum Gasteiger partial charge on any atom is 0.260 e. The Bertz CT molecular complexity index is 725. The maximum absolute atomic E-state index is 13.1. The number of fused-ring (bicyclic) bond motifs is 1. The van der Waals surface area contributed by atoms with E-state index in [1.165, 1.54) is 12.8 Å². The largest absolute Gasteiger partial charge is 0.482 e. The Hall–Kier alpha value is -1.26. The molecule has 0 saturated heterocycles. The van der Waals surface area contributed by atoms with Crippen molar-refractivity contribution in [2.75, 3.05) is 19.7 Å². The lowest BCUT2D eigenvalue weighted by Crippen LogP contribution is -2.34. The second-order valence-corrected chi connectivity index (χ2v) is 8.20. The van der Waals surface area contributed by atoms with Crippen LogP contribution in [0.25, 0.3) is 0 Å². The van der Waals surface area contributed by atoms with Crippen molar-refractivity contribution in [1.82, 2.24) is 4.90 Å². The number of benzene rings is 1. The van der Waals surface area contributed by atoms with Crippen LogP contribution in [0, 0.1) is 11.8 Å². The second-order valence-electron chi connectivity index (χ2n) is 7.45. The first-order chi connectivity index (χ1) is 13.0. The van der Waals surface area contributed by atoms with Gasteiger partial charge in [0.05, 0.1) is 5.02 Å². The Balaban J connectivity index is 1.80. The summed E-state index contributed by atoms with van der Waals surface area (Å²) < 4.78 is 5.67. The van der Waals surface area contributed by atoms with Crippen LogP contribution in [0.5, 0.6) is 5.75 Å². The molecule has 0 aromatic heterocycles. The summed E-state index contributed by atoms with van der Waals surface area (Å²) in [6.45, 7) is 5.03. The number of halogens is 2. The normalized spacial score (nSPS) is 19.9. The lowest BCUT2D eigenvalue weighted by atomic mass is 9.75. The standard InChI is InChI=1S/C21H27Cl2NO3/c1-3-24(4-2)17(25)12-27-16-11-14-9-10-15(13-7-5-6-8-13)21(26)18(14)20(23)19(16)22/h11,13,15H,3-10,12H2,1-2H3. The molecule has 1 saturated carbocycles. The predicted octanol–water partition coefficient (Wildman–Crippen LogP) is 5.18. The quantitative estimate of drug-likeness (QED) is 0.647. The molecule has 1 amide bonds. The van der Waals surface area contributed by atoms with E-state index < -0.39 is 0 Å². The van der Waals surface area contributed by atoms with Gasteiger partial charge in [0.25, 0.3) is 5.91 Å². The third kappa shape index (κ3) is 4.12. The zero-order valence-electron chi connectivity index (χ0n) is 16.0. The van der Waals surface area contributed by atoms with Gasteiger partial charge >= 0.3 is 0 Å². The molecule has 1 fully saturated rings. The number of Topliss-reactive ketones (excluding diaryl/α,β-unsaturated/α-hetero) is 1. The van der Waals surface area contributed by atoms with Gasteiger partial charge in [-0.2, -0.15) is 0 Å². The first-order valence-corrected chi connectivity index (χ1v) is 10.7. The predicted molar refractivity (Wildman–Crippen MR) is 108 cm³/mol. The molecule has 1 atom stereocenters. The number of hydrogen-bond donors (Lipinski definition) is 0. The molecule has 3 rings (SSSR count). The average Bonchev–Trinajstić information content (AvgIpc) is 3.19. The van der Waals surface area contributed by atoms with Gasteiger partial charge in [-0.05, 0) is 57.1 Å². The molecule has 148 valence electrons. The molecule has 0 bridgehead atoms. The molecular formula is C21H27Cl2NO3. The first-order valence-electron chi connectivity index (χ1n) is 9.93. The molecule has 0 spiro atoms. The van der Waals surface area contributed by atoms with Crippen LogP contribution in [-0.2, 0) is 11.2 Å². The van der Waals surface area contributed by atoms with Crippen LogP contribution in [0.4, 0.5) is 0 Å². The van der Waals surface area contributed by atoms with Crippen molar-refractivity contribution in [3.05, 3.63) is 27.2 Å². The third-order valence-electron chi connectivity index (χ3n) is 6.00. The van der Waals surface area contributed by atoms with Gasteiger partial charge < -0.3 is 9.64 Å². The molecule has 2 aliphatic rings. The minimum Gasteiger partial charge on any atom is -0.482 e. The van der Waals surface area contributed by atoms with Crippen LogP contribution >= 0.6 is 23.2 Å². The molecule has 27 heavy (non-hydrogen) atoms. The molecule has 0 radical (unpaired) electrons. The first kappa shape index (κ1) is 20.5. The van der Waals surface area contributed by atoms with Crippen LogP contribution in [0.15, 0.2) is 6.07 Å². The second kappa shape index (κ2) is 8.83. The Kier molecular flexibility index (Phi) is 6.69. The SMILES string of the molecule is CCN(CC)C(=O)COc1cc2c(c(Cl)c1Cl)C(=O)C(C1CCCC1)CC2. The van der Waals surface area contributed by atoms with E-state index in [0.717, 1.165) is 31.2 Å². The molecule has 1 unspecified atom stereocenters. The smallest absolute Gasteiger partial charge is 0.260 e. The monoisotopic (exact) mass is 411 g/mol. The number of aryl methyl sites for hydroxylation is 1. The van der Waals surface area contributed by atoms with E-state index in [4.69, 9.17) is 27.9 Å². The number of ketones is 1. The molecule has 1 aromatic rings. The average molecular weight is 412 g/mol. The highest BCUT2D eigenvalue weighted by Crippen LogP contribution is 2.44. The van der Waals surface area contributed by atoms with Gasteiger partial charge in [0.15, 0.2) is 12.4 Å². The van der Waals surface area contributed by atoms with E-state index in [1.807, 2.05) is 13.8 Å². The van der Waals surface area contributed by atoms with E-state index in [2.05, 4.69) is 0 Å². The van der Waals surface area contributed by atoms with Crippen molar-refractivity contribution in [3.8, 4) is 5.75 Å². The number of amides is 1. The number of nitrogens with zero attached hydrogens (tertiary/aromatic N) is 1. The summed E-state index contributed by atoms with van der Waals surface area (Å²) in [4.78, 5) is 27.0. The van der Waals surface area contributed by atoms with Gasteiger partial charge in [-0.1, -0.05) is 36.0 Å². The van der Waals surface area contributed by atoms with Gasteiger partial charge in [0, 0.05) is 24.6 Å². The van der Waals surface area contributed by atoms with Crippen molar-refractivity contribution in [2.24, 2.45) is 11.8 Å². The van der Waals surface area contributed by atoms with E-state index in [0.29, 0.717) is 30.3 Å². The van der Waals surface area contributed by atoms with E-state index >= 15 is 0 Å². The Labute approximate surface area is 171 Å². The molecule has 1 aromatic carbocycles. The van der Waals surface area contributed by atoms with Gasteiger partial charge in [0.1, 0.15) is 10.8 Å². The fourth-order valence-corrected chi connectivity index (χ4v) is 4.98. The molecule has 2 aliphatic carbocycles. The third-order valence-corrected chi connectivity index (χ3v) is 6.85. The Morgan fingerprint density at radius 3 is 2.44 bits per heavy atom. The van der Waals surface area contributed by atoms with E-state index in [9.17, 15) is 9.59 Å². The lowest BCUT2D eigenvalue weighted by Gasteiger charge is -2.29. The molecular weight excluding hydrogens is 385 g/mol. The van der Waals surface area contributed by atoms with Gasteiger partial charge in [0.2, 0.25) is 0 Å². The fourth-order valence-electron chi connectivity index (χ4n) is 4.47. The van der Waals surface area contributed by atoms with Crippen molar-refractivity contribution >= 4 is 34.9 Å². The zero-order valence-corrected chi connectivity index (χ0v) is 17.5. The summed E-state index contributed by atoms with van der Waals surface area (Å²) in [6.07, 6.45) is 6.33. The molecule has 0 N–H and O–H groups in total. The lowest BCUT2D eigenvalue weighted by molar-refractivity contribution is -0.132. The van der Waals surface area contributed by atoms with Crippen molar-refractivity contribution in [3.63, 3.8) is 0 Å². The summed E-state index contributed by atoms with van der Waals surface area (Å²) in [7, 11) is 0. The highest BCUT2D eigenvalue weighted by Gasteiger charge is 2.37. The van der Waals surface area contributed by atoms with Crippen LogP contribution in [0.2, 0.25) is 10.0 Å².